The van der Waals surface area contributed by atoms with E-state index in [0.717, 1.165) is 36.5 Å². The Morgan fingerprint density at radius 2 is 0.232 bits per heavy atom. The monoisotopic (exact) mass is 1060 g/mol. The number of carboxylic acid groups (broad SMARTS) is 6. The van der Waals surface area contributed by atoms with Gasteiger partial charge in [0.05, 0.1) is 0 Å². The fourth-order valence-electron chi connectivity index (χ4n) is 0. The number of carboxylic acids is 6. The third-order valence-corrected chi connectivity index (χ3v) is 1.05. The number of hydrogen-bond donors (Lipinski definition) is 6. The molecule has 0 amide bonds. The zero-order chi connectivity index (χ0) is 25.7. The zero-order valence-electron chi connectivity index (χ0n) is 67.8. The van der Waals surface area contributed by atoms with E-state index in [1.807, 2.05) is 0 Å². The minimum absolute atomic E-state index is 0. The summed E-state index contributed by atoms with van der Waals surface area (Å²) in [5, 5.41) is 45.6. The molecule has 0 spiro atoms. The molecule has 0 aliphatic heterocycles. The van der Waals surface area contributed by atoms with E-state index in [-0.39, 0.29) is 806 Å². The molecule has 0 saturated carbocycles. The molecule has 0 aromatic heterocycles. The second kappa shape index (κ2) is 211. The molecule has 0 aliphatic rings. The average molecular weight is 1060 g/mol. The minimum atomic E-state index is -0.981. The number of hydrogen-bond acceptors (Lipinski definition) is 6. The summed E-state index contributed by atoms with van der Waals surface area (Å²) in [4.78, 5) is 55.5. The molecule has 0 radical (unpaired) electrons. The smallest absolute Gasteiger partial charge is 1.00 e. The number of rotatable bonds is 6. The van der Waals surface area contributed by atoms with Crippen LogP contribution in [0.2, 0.25) is 0 Å². The number of carbonyl (C=O) groups is 6. The van der Waals surface area contributed by atoms with E-state index in [1.54, 1.807) is 0 Å². The van der Waals surface area contributed by atoms with Crippen molar-refractivity contribution in [3.8, 4) is 0 Å². The molecular formula is C18H50Na26O12. The van der Waals surface area contributed by atoms with Gasteiger partial charge in [-0.1, -0.05) is 39.5 Å². The van der Waals surface area contributed by atoms with Crippen molar-refractivity contribution in [1.29, 1.82) is 0 Å². The second-order valence-electron chi connectivity index (χ2n) is 3.25. The van der Waals surface area contributed by atoms with Crippen LogP contribution in [-0.2, 0) is 28.8 Å². The van der Waals surface area contributed by atoms with Crippen molar-refractivity contribution < 1.29 is 865 Å². The summed E-state index contributed by atoms with van der Waals surface area (Å²) < 4.78 is 0. The number of aliphatic carboxylic acids is 6. The first kappa shape index (κ1) is 219. The Bertz CT molecular complexity index is 605. The summed E-state index contributed by atoms with van der Waals surface area (Å²) in [5.74, 6) is -5.89. The van der Waals surface area contributed by atoms with E-state index in [1.165, 1.54) is 0 Å². The van der Waals surface area contributed by atoms with Gasteiger partial charge in [-0.05, 0) is 0 Å². The molecule has 12 nitrogen and oxygen atoms in total. The van der Waals surface area contributed by atoms with Gasteiger partial charge in [-0.15, -0.1) is 0 Å². The van der Waals surface area contributed by atoms with Crippen LogP contribution in [0.25, 0.3) is 0 Å². The third kappa shape index (κ3) is 375. The molecule has 0 atom stereocenters. The van der Waals surface area contributed by atoms with Crippen molar-refractivity contribution in [1.82, 2.24) is 0 Å². The Labute approximate surface area is 949 Å². The van der Waals surface area contributed by atoms with Crippen molar-refractivity contribution in [3.05, 3.63) is 75.9 Å². The van der Waals surface area contributed by atoms with Gasteiger partial charge >= 0.3 is 804 Å². The average Bonchev–Trinajstić information content (AvgIpc) is 2.69. The largest absolute Gasteiger partial charge is 1.00 e. The molecule has 220 valence electrons. The van der Waals surface area contributed by atoms with Gasteiger partial charge in [0.1, 0.15) is 0 Å². The van der Waals surface area contributed by atoms with Crippen molar-refractivity contribution in [2.45, 2.75) is 0 Å². The first-order valence-corrected chi connectivity index (χ1v) is 6.75. The summed E-state index contributed by atoms with van der Waals surface area (Å²) in [5.41, 5.74) is 0. The summed E-state index contributed by atoms with van der Waals surface area (Å²) in [6, 6.07) is 0. The summed E-state index contributed by atoms with van der Waals surface area (Å²) >= 11 is 0. The molecule has 0 saturated heterocycles. The Morgan fingerprint density at radius 1 is 0.214 bits per heavy atom. The summed E-state index contributed by atoms with van der Waals surface area (Å²) in [7, 11) is 0. The van der Waals surface area contributed by atoms with Crippen LogP contribution in [-0.4, -0.2) is 66.5 Å². The van der Waals surface area contributed by atoms with E-state index < -0.39 is 35.8 Å². The summed E-state index contributed by atoms with van der Waals surface area (Å²) in [6.07, 6.45) is 5.00. The molecule has 38 heteroatoms. The van der Waals surface area contributed by atoms with E-state index in [2.05, 4.69) is 39.5 Å². The molecule has 6 N–H and O–H groups in total. The van der Waals surface area contributed by atoms with Crippen LogP contribution in [0.15, 0.2) is 75.9 Å². The molecule has 0 heterocycles. The molecular weight excluding hydrogens is 1010 g/mol. The molecule has 0 aliphatic carbocycles. The van der Waals surface area contributed by atoms with Gasteiger partial charge in [0.15, 0.2) is 0 Å². The van der Waals surface area contributed by atoms with E-state index >= 15 is 0 Å². The van der Waals surface area contributed by atoms with E-state index in [9.17, 15) is 28.8 Å². The van der Waals surface area contributed by atoms with Gasteiger partial charge in [0, 0.05) is 36.5 Å². The van der Waals surface area contributed by atoms with Gasteiger partial charge in [-0.3, -0.25) is 0 Å². The van der Waals surface area contributed by atoms with E-state index in [4.69, 9.17) is 30.6 Å². The summed E-state index contributed by atoms with van der Waals surface area (Å²) in [6.45, 7) is 17.8. The normalized spacial score (nSPS) is 3.43. The quantitative estimate of drug-likeness (QED) is 0.108. The zero-order valence-corrected chi connectivity index (χ0v) is 93.8. The van der Waals surface area contributed by atoms with Crippen LogP contribution >= 0.6 is 0 Å². The third-order valence-electron chi connectivity index (χ3n) is 1.05. The Morgan fingerprint density at radius 3 is 0.232 bits per heavy atom. The Balaban J connectivity index is -0.00000000134. The maximum Gasteiger partial charge on any atom is 1.00 e. The van der Waals surface area contributed by atoms with Crippen LogP contribution in [0.4, 0.5) is 0 Å². The van der Waals surface area contributed by atoms with Crippen LogP contribution < -0.4 is 768 Å². The van der Waals surface area contributed by atoms with Crippen LogP contribution in [0.5, 0.6) is 0 Å². The fourth-order valence-corrected chi connectivity index (χ4v) is 0. The fraction of sp³-hybridized carbons (Fsp3) is 0. The predicted molar refractivity (Wildman–Crippen MR) is 136 cm³/mol. The molecule has 56 heavy (non-hydrogen) atoms. The molecule has 0 unspecified atom stereocenters. The second-order valence-corrected chi connectivity index (χ2v) is 3.25. The molecule has 0 bridgehead atoms. The van der Waals surface area contributed by atoms with Crippen LogP contribution in [0, 0.1) is 0 Å². The minimum Gasteiger partial charge on any atom is -1.00 e. The predicted octanol–water partition coefficient (Wildman–Crippen LogP) is -73.4. The first-order chi connectivity index (χ1) is 13.6. The maximum absolute atomic E-state index is 9.25. The van der Waals surface area contributed by atoms with Gasteiger partial charge < -0.3 is 67.7 Å². The van der Waals surface area contributed by atoms with E-state index in [0.29, 0.717) is 0 Å². The van der Waals surface area contributed by atoms with Crippen molar-refractivity contribution in [2.24, 2.45) is 0 Å². The van der Waals surface area contributed by atoms with Gasteiger partial charge in [-0.25, -0.2) is 28.8 Å². The van der Waals surface area contributed by atoms with Crippen LogP contribution in [0.3, 0.4) is 0 Å². The first-order valence-electron chi connectivity index (χ1n) is 6.75. The van der Waals surface area contributed by atoms with Crippen molar-refractivity contribution in [2.75, 3.05) is 0 Å². The standard InChI is InChI=1S/6C3H4O2.26Na.26H/c6*1-2-3(4)5;;;;;;;;;;;;;;;;;;;;;;;;;;;;;;;;;;;;;;;;;;;;;;;;;;;;/h6*2H,1H2,(H,4,5);;;;;;;;;;;;;;;;;;;;;;;;;;;;;;;;;;;;;;;;;;;;;;;;;;;;/q;;;;;;26*+1;26*-1. The molecule has 0 aromatic carbocycles. The molecule has 0 fully saturated rings. The Kier molecular flexibility index (Phi) is 826. The van der Waals surface area contributed by atoms with Crippen molar-refractivity contribution in [3.63, 3.8) is 0 Å². The molecule has 0 rings (SSSR count). The van der Waals surface area contributed by atoms with Crippen molar-refractivity contribution >= 4 is 35.8 Å². The maximum atomic E-state index is 9.25. The molecule has 0 aromatic rings. The van der Waals surface area contributed by atoms with Gasteiger partial charge in [0.25, 0.3) is 0 Å². The van der Waals surface area contributed by atoms with Crippen LogP contribution in [0.1, 0.15) is 37.1 Å². The Hall–Kier alpha value is 21.3. The van der Waals surface area contributed by atoms with Gasteiger partial charge in [0.2, 0.25) is 0 Å². The van der Waals surface area contributed by atoms with Gasteiger partial charge in [-0.2, -0.15) is 0 Å². The SMILES string of the molecule is C=CC(=O)O.C=CC(=O)O.C=CC(=O)O.C=CC(=O)O.C=CC(=O)O.C=CC(=O)O.[H-].[H-].[H-].[H-].[H-].[H-].[H-].[H-].[H-].[H-].[H-].[H-].[H-].[H-].[H-].[H-].[H-].[H-].[H-].[H-].[H-].[H-].[H-].[H-].[H-].[H-].[Na+].[Na+].[Na+].[Na+].[Na+].[Na+].[Na+].[Na+].[Na+].[Na+].[Na+].[Na+].[Na+].[Na+].[Na+].[Na+].[Na+].[Na+].[Na+].[Na+].[Na+].[Na+].[Na+].[Na+].[Na+].[Na+]. The topological polar surface area (TPSA) is 224 Å².